The molecule has 0 radical (unpaired) electrons. The number of thioether (sulfide) groups is 3. The second kappa shape index (κ2) is 69.0. The van der Waals surface area contributed by atoms with Crippen LogP contribution in [0.5, 0.6) is 11.5 Å². The minimum Gasteiger partial charge on any atom is -0.508 e. The van der Waals surface area contributed by atoms with Gasteiger partial charge in [0.15, 0.2) is 29.3 Å². The Kier molecular flexibility index (Phi) is 61.2. The molecule has 23 N–H and O–H groups in total. The maximum Gasteiger partial charge on any atom is 0.234 e. The number of primary amides is 2. The highest BCUT2D eigenvalue weighted by Crippen LogP contribution is 2.25. The van der Waals surface area contributed by atoms with Crippen molar-refractivity contribution in [3.8, 4) is 11.5 Å². The fourth-order valence-electron chi connectivity index (χ4n) is 14.9. The average molecular weight is 1900 g/mol. The summed E-state index contributed by atoms with van der Waals surface area (Å²) in [7, 11) is 0. The quantitative estimate of drug-likeness (QED) is 0.0256. The van der Waals surface area contributed by atoms with Gasteiger partial charge in [-0.1, -0.05) is 71.2 Å². The number of carbonyl (C=O) groups excluding carboxylic acids is 15. The number of unbranched alkanes of at least 4 members (excludes halogenated alkanes) is 1. The Bertz CT molecular complexity index is 3900. The van der Waals surface area contributed by atoms with E-state index in [4.69, 9.17) is 43.9 Å². The van der Waals surface area contributed by atoms with Crippen LogP contribution in [0, 0.1) is 35.5 Å². The van der Waals surface area contributed by atoms with Gasteiger partial charge >= 0.3 is 0 Å². The number of hydrogen-bond donors (Lipinski definition) is 17. The minimum absolute atomic E-state index is 0.00912. The monoisotopic (exact) mass is 1890 g/mol. The lowest BCUT2D eigenvalue weighted by atomic mass is 9.87. The van der Waals surface area contributed by atoms with Crippen molar-refractivity contribution in [3.05, 3.63) is 59.7 Å². The number of benzene rings is 2. The molecule has 2 fully saturated rings. The molecule has 2 aromatic carbocycles. The summed E-state index contributed by atoms with van der Waals surface area (Å²) >= 11 is 4.14. The Morgan fingerprint density at radius 2 is 1.00 bits per heavy atom. The Morgan fingerprint density at radius 3 is 1.50 bits per heavy atom. The van der Waals surface area contributed by atoms with Gasteiger partial charge in [0.2, 0.25) is 41.4 Å². The molecular formula is C92H151N17O19S3. The lowest BCUT2D eigenvalue weighted by Gasteiger charge is -2.25. The van der Waals surface area contributed by atoms with Crippen molar-refractivity contribution in [2.45, 2.75) is 244 Å². The van der Waals surface area contributed by atoms with E-state index >= 15 is 0 Å². The number of ether oxygens (including phenoxy) is 2. The number of aromatic hydroxyl groups is 2. The molecule has 2 aliphatic rings. The maximum absolute atomic E-state index is 14.1. The maximum atomic E-state index is 14.1. The first-order valence-electron chi connectivity index (χ1n) is 46.1. The average Bonchev–Trinajstić information content (AvgIpc) is 0.881. The number of guanidine groups is 2. The van der Waals surface area contributed by atoms with Gasteiger partial charge in [-0.05, 0) is 181 Å². The van der Waals surface area contributed by atoms with Gasteiger partial charge in [-0.2, -0.15) is 23.5 Å². The van der Waals surface area contributed by atoms with E-state index in [1.807, 2.05) is 40.2 Å². The molecule has 4 rings (SSSR count). The third kappa shape index (κ3) is 53.5. The minimum atomic E-state index is -0.833. The first-order chi connectivity index (χ1) is 62.6. The van der Waals surface area contributed by atoms with Crippen LogP contribution in [0.2, 0.25) is 0 Å². The Morgan fingerprint density at radius 1 is 0.511 bits per heavy atom. The van der Waals surface area contributed by atoms with Crippen LogP contribution in [0.15, 0.2) is 58.5 Å². The highest BCUT2D eigenvalue weighted by molar-refractivity contribution is 8.00. The van der Waals surface area contributed by atoms with Crippen LogP contribution in [-0.4, -0.2) is 267 Å². The SMILES string of the molecule is CC[C@H](C)[C@@H]1NC(=O)CCC(=O)CC[C@@H](C(=O)CC[C@@H](CCCN=C(N)N)CN[C@@H](Cc2ccc(O)cc2)C(N)=O)NCC(=O)[C@H](CCCCNC(=O)CSC)CCC1=O.CC[C@H](C)[C@@H]1NC(=O)CCNC(=O)CSC[C@@H](C(=O)CC[C@@H](CCCN=C(N)N)CN[C@@H](Cc2ccc(O)cc2)C(N)=O)NCC(=O)[C@H](CCNC(=O)CCOCCOCCCC(=O)CSC)CCC1=O. The van der Waals surface area contributed by atoms with E-state index in [9.17, 15) is 82.1 Å². The molecule has 2 saturated heterocycles. The zero-order valence-electron chi connectivity index (χ0n) is 77.8. The van der Waals surface area contributed by atoms with E-state index in [-0.39, 0.29) is 258 Å². The fourth-order valence-corrected chi connectivity index (χ4v) is 16.7. The van der Waals surface area contributed by atoms with E-state index in [0.717, 1.165) is 11.1 Å². The van der Waals surface area contributed by atoms with Crippen molar-refractivity contribution in [1.29, 1.82) is 0 Å². The lowest BCUT2D eigenvalue weighted by molar-refractivity contribution is -0.130. The third-order valence-electron chi connectivity index (χ3n) is 23.3. The van der Waals surface area contributed by atoms with E-state index in [2.05, 4.69) is 57.8 Å². The van der Waals surface area contributed by atoms with Crippen LogP contribution in [0.3, 0.4) is 0 Å². The molecule has 0 saturated carbocycles. The number of nitrogens with one attached hydrogen (secondary N) is 9. The van der Waals surface area contributed by atoms with Gasteiger partial charge in [0.05, 0.1) is 86.4 Å². The number of aliphatic imine (C=N–C) groups is 2. The highest BCUT2D eigenvalue weighted by atomic mass is 32.2. The second-order valence-corrected chi connectivity index (χ2v) is 36.6. The van der Waals surface area contributed by atoms with Crippen molar-refractivity contribution in [3.63, 3.8) is 0 Å². The number of rotatable bonds is 54. The normalized spacial score (nSPS) is 19.5. The Balaban J connectivity index is 0.000000685. The molecule has 0 aliphatic carbocycles. The van der Waals surface area contributed by atoms with Crippen LogP contribution in [-0.2, 0) is 94.2 Å². The summed E-state index contributed by atoms with van der Waals surface area (Å²) in [4.78, 5) is 204. The van der Waals surface area contributed by atoms with E-state index < -0.39 is 65.8 Å². The first kappa shape index (κ1) is 116. The van der Waals surface area contributed by atoms with Crippen LogP contribution < -0.4 is 82.3 Å². The van der Waals surface area contributed by atoms with Crippen molar-refractivity contribution in [2.75, 3.05) is 121 Å². The third-order valence-corrected chi connectivity index (χ3v) is 25.5. The second-order valence-electron chi connectivity index (χ2n) is 33.8. The van der Waals surface area contributed by atoms with Crippen LogP contribution in [0.4, 0.5) is 0 Å². The molecule has 0 aromatic heterocycles. The Hall–Kier alpha value is -8.96. The molecular weight excluding hydrogens is 1740 g/mol. The van der Waals surface area contributed by atoms with E-state index in [0.29, 0.717) is 147 Å². The topological polar surface area (TPSA) is 604 Å². The summed E-state index contributed by atoms with van der Waals surface area (Å²) in [5, 5.41) is 46.3. The zero-order valence-corrected chi connectivity index (χ0v) is 80.2. The highest BCUT2D eigenvalue weighted by Gasteiger charge is 2.33. The standard InChI is InChI=1S/C49H81N9O11S2.C43H70N8O8S/c1-4-33(2)47-42(62)16-12-36(17-21-53-44(64)19-24-69-26-25-68-23-6-8-38(60)30-70-3)43(63)29-57-40(31-71-32-46(66)54-22-18-45(65)58-47)41(61)15-11-35(7-5-20-55-49(51)52)28-56-39(48(50)67)27-34-9-13-37(59)14-10-34;1-4-28(2)41-37(55)20-13-31(9-5-6-22-47-40(58)27-60-3)38(56)26-50-34(18-16-33(53)17-21-39(57)51-41)36(54)19-12-30(8-7-23-48-43(45)46)25-49-35(42(44)59)24-29-10-14-32(52)15-11-29/h9-10,13-14,33,35-36,39-40,47,56-57,59H,4-8,11-12,15-32H2,1-3H3,(H2,50,67)(H,53,64)(H,54,66)(H,58,65)(H4,51,52,55);10-11,14-15,28,30-31,34-35,41,49-50,52H,4-9,12-13,16-27H2,1-3H3,(H2,44,59)(H,47,58)(H,51,57)(H4,45,46,48)/t33-,35+,36-,39-,40-,47-;28-,30+,31+,34-,35-,41-/m00/s1. The molecule has 131 heavy (non-hydrogen) atoms. The predicted octanol–water partition coefficient (Wildman–Crippen LogP) is 3.53. The zero-order chi connectivity index (χ0) is 96.8. The summed E-state index contributed by atoms with van der Waals surface area (Å²) in [5.74, 6) is -4.33. The number of nitrogens with two attached hydrogens (primary N) is 6. The van der Waals surface area contributed by atoms with Crippen molar-refractivity contribution in [2.24, 2.45) is 79.9 Å². The van der Waals surface area contributed by atoms with Gasteiger partial charge in [-0.15, -0.1) is 11.8 Å². The first-order valence-corrected chi connectivity index (χ1v) is 50.1. The van der Waals surface area contributed by atoms with Gasteiger partial charge in [-0.3, -0.25) is 87.2 Å². The smallest absolute Gasteiger partial charge is 0.234 e. The molecule has 39 heteroatoms. The van der Waals surface area contributed by atoms with Crippen molar-refractivity contribution < 1.29 is 91.6 Å². The van der Waals surface area contributed by atoms with Crippen LogP contribution >= 0.6 is 35.3 Å². The number of carbonyl (C=O) groups is 15. The number of ketones is 8. The summed E-state index contributed by atoms with van der Waals surface area (Å²) < 4.78 is 11.1. The molecule has 2 aliphatic heterocycles. The molecule has 36 nitrogen and oxygen atoms in total. The van der Waals surface area contributed by atoms with Crippen LogP contribution in [0.1, 0.15) is 206 Å². The summed E-state index contributed by atoms with van der Waals surface area (Å²) in [6.07, 6.45) is 12.8. The van der Waals surface area contributed by atoms with E-state index in [1.165, 1.54) is 59.6 Å². The number of Topliss-reactive ketones (excluding diaryl/α,β-unsaturated/α-hetero) is 8. The van der Waals surface area contributed by atoms with Crippen molar-refractivity contribution >= 4 is 135 Å². The van der Waals surface area contributed by atoms with Crippen LogP contribution in [0.25, 0.3) is 0 Å². The van der Waals surface area contributed by atoms with Gasteiger partial charge in [0.25, 0.3) is 0 Å². The number of phenolic OH excluding ortho intramolecular Hbond substituents is 2. The number of amides is 7. The van der Waals surface area contributed by atoms with Gasteiger partial charge in [-0.25, -0.2) is 0 Å². The number of phenols is 2. The largest absolute Gasteiger partial charge is 0.508 e. The van der Waals surface area contributed by atoms with E-state index in [1.54, 1.807) is 24.3 Å². The summed E-state index contributed by atoms with van der Waals surface area (Å²) in [6.45, 7) is 10.6. The molecule has 2 aromatic rings. The molecule has 7 amide bonds. The summed E-state index contributed by atoms with van der Waals surface area (Å²) in [6, 6.07) is 8.37. The summed E-state index contributed by atoms with van der Waals surface area (Å²) in [5.41, 5.74) is 35.2. The van der Waals surface area contributed by atoms with Gasteiger partial charge in [0.1, 0.15) is 40.4 Å². The molecule has 0 spiro atoms. The fraction of sp³-hybridized carbons (Fsp3) is 0.685. The predicted molar refractivity (Wildman–Crippen MR) is 513 cm³/mol. The lowest BCUT2D eigenvalue weighted by Crippen LogP contribution is -2.46. The number of nitrogens with zero attached hydrogens (tertiary/aromatic N) is 2. The van der Waals surface area contributed by atoms with Gasteiger partial charge < -0.3 is 96.6 Å². The number of hydrogen-bond acceptors (Lipinski definition) is 28. The molecule has 2 heterocycles. The van der Waals surface area contributed by atoms with Gasteiger partial charge in [0, 0.05) is 121 Å². The Labute approximate surface area is 785 Å². The molecule has 0 bridgehead atoms. The molecule has 12 atom stereocenters. The molecule has 736 valence electrons. The van der Waals surface area contributed by atoms with Crippen molar-refractivity contribution in [1.82, 2.24) is 47.9 Å². The molecule has 0 unspecified atom stereocenters.